The van der Waals surface area contributed by atoms with E-state index in [0.29, 0.717) is 24.0 Å². The molecule has 7 nitrogen and oxygen atoms in total. The first-order valence-corrected chi connectivity index (χ1v) is 10.1. The first kappa shape index (κ1) is 17.8. The highest BCUT2D eigenvalue weighted by molar-refractivity contribution is 5.94. The van der Waals surface area contributed by atoms with Crippen LogP contribution in [0.5, 0.6) is 5.88 Å². The Morgan fingerprint density at radius 1 is 1.17 bits per heavy atom. The minimum Gasteiger partial charge on any atom is -0.478 e. The minimum atomic E-state index is -0.130. The zero-order valence-electron chi connectivity index (χ0n) is 16.3. The van der Waals surface area contributed by atoms with Crippen molar-refractivity contribution < 1.29 is 9.53 Å². The molecule has 0 saturated heterocycles. The van der Waals surface area contributed by atoms with Crippen LogP contribution in [0, 0.1) is 0 Å². The summed E-state index contributed by atoms with van der Waals surface area (Å²) in [5.41, 5.74) is 4.76. The second-order valence-electron chi connectivity index (χ2n) is 7.55. The lowest BCUT2D eigenvalue weighted by Gasteiger charge is -2.12. The maximum absolute atomic E-state index is 12.7. The summed E-state index contributed by atoms with van der Waals surface area (Å²) in [7, 11) is 0. The van der Waals surface area contributed by atoms with Crippen LogP contribution in [-0.2, 0) is 6.54 Å². The molecule has 3 aromatic heterocycles. The zero-order valence-corrected chi connectivity index (χ0v) is 16.3. The number of nitrogens with one attached hydrogen (secondary N) is 1. The largest absolute Gasteiger partial charge is 0.478 e. The molecule has 3 aromatic rings. The maximum atomic E-state index is 12.7. The number of nitrogens with zero attached hydrogens (tertiary/aromatic N) is 4. The van der Waals surface area contributed by atoms with Crippen molar-refractivity contribution in [1.82, 2.24) is 25.1 Å². The molecular weight excluding hydrogens is 366 g/mol. The van der Waals surface area contributed by atoms with Crippen LogP contribution < -0.4 is 10.1 Å². The van der Waals surface area contributed by atoms with Gasteiger partial charge in [0.15, 0.2) is 0 Å². The third-order valence-corrected chi connectivity index (χ3v) is 5.46. The first-order chi connectivity index (χ1) is 14.2. The number of pyridine rings is 2. The number of amides is 1. The van der Waals surface area contributed by atoms with E-state index in [9.17, 15) is 4.79 Å². The second-order valence-corrected chi connectivity index (χ2v) is 7.55. The van der Waals surface area contributed by atoms with Gasteiger partial charge in [-0.1, -0.05) is 0 Å². The molecule has 1 N–H and O–H groups in total. The Labute approximate surface area is 169 Å². The average molecular weight is 389 g/mol. The smallest absolute Gasteiger partial charge is 0.252 e. The van der Waals surface area contributed by atoms with Crippen molar-refractivity contribution in [1.29, 1.82) is 0 Å². The molecule has 1 atom stereocenters. The SMILES string of the molecule is CCOc1cc(C(=O)N[C@@H]2CCn3nc(-c4ccnc(C5CC5)c4)cc32)ccn1. The Morgan fingerprint density at radius 2 is 2.03 bits per heavy atom. The van der Waals surface area contributed by atoms with E-state index in [1.165, 1.54) is 12.8 Å². The van der Waals surface area contributed by atoms with Gasteiger partial charge in [0.1, 0.15) is 0 Å². The highest BCUT2D eigenvalue weighted by atomic mass is 16.5. The van der Waals surface area contributed by atoms with E-state index in [1.807, 2.05) is 23.9 Å². The van der Waals surface area contributed by atoms with Crippen LogP contribution in [0.1, 0.15) is 59.9 Å². The van der Waals surface area contributed by atoms with Gasteiger partial charge < -0.3 is 10.1 Å². The summed E-state index contributed by atoms with van der Waals surface area (Å²) in [4.78, 5) is 21.3. The van der Waals surface area contributed by atoms with Gasteiger partial charge in [-0.3, -0.25) is 14.5 Å². The topological polar surface area (TPSA) is 81.9 Å². The molecule has 29 heavy (non-hydrogen) atoms. The zero-order chi connectivity index (χ0) is 19.8. The standard InChI is InChI=1S/C22H23N5O2/c1-2-29-21-12-16(6-9-24-21)22(28)25-17-7-10-27-20(17)13-19(26-27)15-5-8-23-18(11-15)14-3-4-14/h5-6,8-9,11-14,17H,2-4,7,10H2,1H3,(H,25,28)/t17-/m1/s1. The van der Waals surface area contributed by atoms with E-state index in [4.69, 9.17) is 9.84 Å². The molecule has 1 aliphatic carbocycles. The van der Waals surface area contributed by atoms with Gasteiger partial charge in [-0.25, -0.2) is 4.98 Å². The molecule has 0 spiro atoms. The Morgan fingerprint density at radius 3 is 2.86 bits per heavy atom. The predicted molar refractivity (Wildman–Crippen MR) is 108 cm³/mol. The van der Waals surface area contributed by atoms with Gasteiger partial charge in [-0.05, 0) is 50.5 Å². The number of hydrogen-bond donors (Lipinski definition) is 1. The number of aryl methyl sites for hydroxylation is 1. The number of fused-ring (bicyclic) bond motifs is 1. The molecule has 0 bridgehead atoms. The molecule has 2 aliphatic rings. The van der Waals surface area contributed by atoms with Crippen molar-refractivity contribution >= 4 is 5.91 Å². The van der Waals surface area contributed by atoms with Crippen molar-refractivity contribution in [3.05, 3.63) is 59.7 Å². The van der Waals surface area contributed by atoms with Gasteiger partial charge >= 0.3 is 0 Å². The lowest BCUT2D eigenvalue weighted by Crippen LogP contribution is -2.27. The third-order valence-electron chi connectivity index (χ3n) is 5.46. The Balaban J connectivity index is 1.34. The number of rotatable bonds is 6. The molecule has 1 fully saturated rings. The van der Waals surface area contributed by atoms with Gasteiger partial charge in [0, 0.05) is 47.7 Å². The lowest BCUT2D eigenvalue weighted by molar-refractivity contribution is 0.0936. The van der Waals surface area contributed by atoms with E-state index in [2.05, 4.69) is 27.4 Å². The number of hydrogen-bond acceptors (Lipinski definition) is 5. The fourth-order valence-electron chi connectivity index (χ4n) is 3.81. The fraction of sp³-hybridized carbons (Fsp3) is 0.364. The summed E-state index contributed by atoms with van der Waals surface area (Å²) in [6.07, 6.45) is 6.75. The summed E-state index contributed by atoms with van der Waals surface area (Å²) >= 11 is 0. The van der Waals surface area contributed by atoms with Gasteiger partial charge in [0.25, 0.3) is 5.91 Å². The maximum Gasteiger partial charge on any atom is 0.252 e. The second kappa shape index (κ2) is 7.31. The lowest BCUT2D eigenvalue weighted by atomic mass is 10.1. The summed E-state index contributed by atoms with van der Waals surface area (Å²) in [6, 6.07) is 9.55. The van der Waals surface area contributed by atoms with E-state index >= 15 is 0 Å². The normalized spacial score (nSPS) is 17.8. The summed E-state index contributed by atoms with van der Waals surface area (Å²) in [5.74, 6) is 0.941. The molecule has 1 amide bonds. The fourth-order valence-corrected chi connectivity index (χ4v) is 3.81. The van der Waals surface area contributed by atoms with Crippen LogP contribution >= 0.6 is 0 Å². The number of carbonyl (C=O) groups is 1. The van der Waals surface area contributed by atoms with E-state index in [0.717, 1.165) is 35.6 Å². The average Bonchev–Trinajstić information content (AvgIpc) is 3.41. The van der Waals surface area contributed by atoms with E-state index < -0.39 is 0 Å². The van der Waals surface area contributed by atoms with Crippen LogP contribution in [-0.4, -0.2) is 32.3 Å². The van der Waals surface area contributed by atoms with Crippen molar-refractivity contribution in [3.8, 4) is 17.1 Å². The van der Waals surface area contributed by atoms with Gasteiger partial charge in [0.2, 0.25) is 5.88 Å². The highest BCUT2D eigenvalue weighted by Crippen LogP contribution is 2.40. The monoisotopic (exact) mass is 389 g/mol. The van der Waals surface area contributed by atoms with Crippen molar-refractivity contribution in [2.24, 2.45) is 0 Å². The molecule has 1 saturated carbocycles. The molecule has 4 heterocycles. The van der Waals surface area contributed by atoms with Crippen molar-refractivity contribution in [2.45, 2.75) is 44.7 Å². The van der Waals surface area contributed by atoms with Crippen LogP contribution in [0.3, 0.4) is 0 Å². The molecule has 0 aromatic carbocycles. The molecule has 1 aliphatic heterocycles. The van der Waals surface area contributed by atoms with E-state index in [1.54, 1.807) is 18.3 Å². The number of ether oxygens (including phenoxy) is 1. The summed E-state index contributed by atoms with van der Waals surface area (Å²) < 4.78 is 7.39. The summed E-state index contributed by atoms with van der Waals surface area (Å²) in [5, 5.41) is 7.89. The minimum absolute atomic E-state index is 0.0581. The van der Waals surface area contributed by atoms with Crippen LogP contribution in [0.2, 0.25) is 0 Å². The number of aromatic nitrogens is 4. The van der Waals surface area contributed by atoms with E-state index in [-0.39, 0.29) is 11.9 Å². The van der Waals surface area contributed by atoms with Crippen LogP contribution in [0.15, 0.2) is 42.7 Å². The Hall–Kier alpha value is -3.22. The first-order valence-electron chi connectivity index (χ1n) is 10.1. The van der Waals surface area contributed by atoms with Crippen LogP contribution in [0.4, 0.5) is 0 Å². The van der Waals surface area contributed by atoms with Gasteiger partial charge in [0.05, 0.1) is 24.0 Å². The van der Waals surface area contributed by atoms with Crippen LogP contribution in [0.25, 0.3) is 11.3 Å². The number of carbonyl (C=O) groups excluding carboxylic acids is 1. The quantitative estimate of drug-likeness (QED) is 0.698. The molecule has 148 valence electrons. The third kappa shape index (κ3) is 3.60. The molecule has 0 unspecified atom stereocenters. The Bertz CT molecular complexity index is 1060. The molecule has 7 heteroatoms. The van der Waals surface area contributed by atoms with Gasteiger partial charge in [-0.2, -0.15) is 5.10 Å². The Kier molecular flexibility index (Phi) is 4.50. The van der Waals surface area contributed by atoms with Crippen molar-refractivity contribution in [3.63, 3.8) is 0 Å². The summed E-state index contributed by atoms with van der Waals surface area (Å²) in [6.45, 7) is 3.20. The predicted octanol–water partition coefficient (Wildman–Crippen LogP) is 3.49. The highest BCUT2D eigenvalue weighted by Gasteiger charge is 2.28. The molecule has 0 radical (unpaired) electrons. The molecule has 5 rings (SSSR count). The van der Waals surface area contributed by atoms with Crippen molar-refractivity contribution in [2.75, 3.05) is 6.61 Å². The van der Waals surface area contributed by atoms with Gasteiger partial charge in [-0.15, -0.1) is 0 Å². The molecular formula is C22H23N5O2.